The molecule has 0 aliphatic carbocycles. The largest absolute Gasteiger partial charge is 0.337 e. The fraction of sp³-hybridized carbons (Fsp3) is 0.350. The summed E-state index contributed by atoms with van der Waals surface area (Å²) in [6.07, 6.45) is 3.54. The van der Waals surface area contributed by atoms with E-state index in [1.165, 1.54) is 9.13 Å². The van der Waals surface area contributed by atoms with E-state index in [1.54, 1.807) is 20.3 Å². The number of carbonyl (C=O) groups excluding carboxylic acids is 1. The van der Waals surface area contributed by atoms with Crippen molar-refractivity contribution in [1.29, 1.82) is 0 Å². The first kappa shape index (κ1) is 17.3. The molecular weight excluding hydrogens is 342 g/mol. The summed E-state index contributed by atoms with van der Waals surface area (Å²) in [7, 11) is 3.30. The van der Waals surface area contributed by atoms with E-state index >= 15 is 0 Å². The molecule has 1 aliphatic rings. The van der Waals surface area contributed by atoms with Crippen LogP contribution in [0.3, 0.4) is 0 Å². The number of aromatic amines is 1. The van der Waals surface area contributed by atoms with Crippen LogP contribution in [0.2, 0.25) is 0 Å². The summed E-state index contributed by atoms with van der Waals surface area (Å²) in [5.74, 6) is 0.121. The van der Waals surface area contributed by atoms with Gasteiger partial charge in [-0.3, -0.25) is 14.5 Å². The van der Waals surface area contributed by atoms with Gasteiger partial charge in [0.1, 0.15) is 5.69 Å². The number of piperidine rings is 1. The molecule has 0 saturated carbocycles. The molecule has 1 aliphatic heterocycles. The summed E-state index contributed by atoms with van der Waals surface area (Å²) < 4.78 is 2.85. The summed E-state index contributed by atoms with van der Waals surface area (Å²) >= 11 is 0. The van der Waals surface area contributed by atoms with Gasteiger partial charge in [-0.2, -0.15) is 5.10 Å². The highest BCUT2D eigenvalue weighted by Crippen LogP contribution is 2.29. The van der Waals surface area contributed by atoms with Gasteiger partial charge in [0.15, 0.2) is 0 Å². The van der Waals surface area contributed by atoms with Crippen molar-refractivity contribution in [3.63, 3.8) is 0 Å². The number of carbonyl (C=O) groups is 1. The Morgan fingerprint density at radius 1 is 1.22 bits per heavy atom. The van der Waals surface area contributed by atoms with Crippen molar-refractivity contribution in [2.45, 2.75) is 18.8 Å². The summed E-state index contributed by atoms with van der Waals surface area (Å²) in [4.78, 5) is 26.7. The summed E-state index contributed by atoms with van der Waals surface area (Å²) in [5, 5.41) is 7.59. The molecule has 1 atom stereocenters. The number of likely N-dealkylation sites (tertiary alicyclic amines) is 1. The van der Waals surface area contributed by atoms with E-state index in [-0.39, 0.29) is 17.5 Å². The van der Waals surface area contributed by atoms with Gasteiger partial charge in [-0.25, -0.2) is 4.79 Å². The Bertz CT molecular complexity index is 1010. The average molecular weight is 365 g/mol. The molecule has 4 rings (SSSR count). The molecule has 1 saturated heterocycles. The quantitative estimate of drug-likeness (QED) is 0.773. The number of aromatic nitrogens is 4. The summed E-state index contributed by atoms with van der Waals surface area (Å²) in [6, 6.07) is 12.1. The molecule has 7 heteroatoms. The molecule has 3 aromatic rings. The number of nitrogens with one attached hydrogen (secondary N) is 1. The molecule has 1 fully saturated rings. The Morgan fingerprint density at radius 3 is 2.70 bits per heavy atom. The molecule has 0 bridgehead atoms. The second-order valence-corrected chi connectivity index (χ2v) is 7.13. The number of benzene rings is 1. The lowest BCUT2D eigenvalue weighted by molar-refractivity contribution is 0.0695. The number of hydrogen-bond donors (Lipinski definition) is 1. The molecular formula is C20H23N5O2. The molecule has 2 aromatic heterocycles. The van der Waals surface area contributed by atoms with Crippen LogP contribution in [-0.2, 0) is 14.1 Å². The van der Waals surface area contributed by atoms with E-state index in [2.05, 4.69) is 16.3 Å². The maximum atomic E-state index is 12.9. The number of amides is 1. The highest BCUT2D eigenvalue weighted by molar-refractivity contribution is 5.92. The van der Waals surface area contributed by atoms with Crippen LogP contribution in [0.1, 0.15) is 34.9 Å². The van der Waals surface area contributed by atoms with Crippen molar-refractivity contribution in [1.82, 2.24) is 24.2 Å². The van der Waals surface area contributed by atoms with E-state index in [0.29, 0.717) is 18.8 Å². The molecule has 140 valence electrons. The van der Waals surface area contributed by atoms with E-state index in [4.69, 9.17) is 0 Å². The predicted octanol–water partition coefficient (Wildman–Crippen LogP) is 2.13. The Hall–Kier alpha value is -3.09. The summed E-state index contributed by atoms with van der Waals surface area (Å²) in [6.45, 7) is 1.33. The molecule has 1 aromatic carbocycles. The smallest absolute Gasteiger partial charge is 0.328 e. The fourth-order valence-corrected chi connectivity index (χ4v) is 3.74. The van der Waals surface area contributed by atoms with Crippen molar-refractivity contribution in [3.8, 4) is 11.3 Å². The number of rotatable bonds is 3. The van der Waals surface area contributed by atoms with Crippen LogP contribution in [0.25, 0.3) is 11.3 Å². The zero-order chi connectivity index (χ0) is 19.0. The molecule has 1 unspecified atom stereocenters. The van der Waals surface area contributed by atoms with Gasteiger partial charge in [0, 0.05) is 50.6 Å². The first-order valence-electron chi connectivity index (χ1n) is 9.17. The molecule has 0 spiro atoms. The Balaban J connectivity index is 1.53. The number of imidazole rings is 1. The van der Waals surface area contributed by atoms with Gasteiger partial charge in [-0.1, -0.05) is 30.3 Å². The minimum Gasteiger partial charge on any atom is -0.337 e. The van der Waals surface area contributed by atoms with Gasteiger partial charge >= 0.3 is 5.69 Å². The maximum Gasteiger partial charge on any atom is 0.328 e. The van der Waals surface area contributed by atoms with Crippen LogP contribution in [0.15, 0.2) is 47.4 Å². The second-order valence-electron chi connectivity index (χ2n) is 7.13. The summed E-state index contributed by atoms with van der Waals surface area (Å²) in [5.41, 5.74) is 3.28. The number of H-pyrrole nitrogens is 1. The lowest BCUT2D eigenvalue weighted by Crippen LogP contribution is -2.40. The monoisotopic (exact) mass is 365 g/mol. The molecule has 27 heavy (non-hydrogen) atoms. The van der Waals surface area contributed by atoms with Crippen molar-refractivity contribution in [2.75, 3.05) is 13.1 Å². The van der Waals surface area contributed by atoms with Crippen LogP contribution in [0, 0.1) is 0 Å². The van der Waals surface area contributed by atoms with Gasteiger partial charge in [0.05, 0.1) is 5.69 Å². The minimum absolute atomic E-state index is 0.0947. The SMILES string of the molecule is Cn1cc(C(=O)N2CCCC(c3cc(-c4ccccc4)n[nH]3)C2)n(C)c1=O. The molecule has 1 N–H and O–H groups in total. The lowest BCUT2D eigenvalue weighted by Gasteiger charge is -2.32. The van der Waals surface area contributed by atoms with Gasteiger partial charge in [-0.15, -0.1) is 0 Å². The van der Waals surface area contributed by atoms with Gasteiger partial charge < -0.3 is 9.47 Å². The van der Waals surface area contributed by atoms with Crippen LogP contribution in [0.4, 0.5) is 0 Å². The highest BCUT2D eigenvalue weighted by Gasteiger charge is 2.28. The number of nitrogens with zero attached hydrogens (tertiary/aromatic N) is 4. The first-order valence-corrected chi connectivity index (χ1v) is 9.17. The van der Waals surface area contributed by atoms with E-state index in [9.17, 15) is 9.59 Å². The second kappa shape index (κ2) is 6.90. The lowest BCUT2D eigenvalue weighted by atomic mass is 9.94. The maximum absolute atomic E-state index is 12.9. The minimum atomic E-state index is -0.187. The van der Waals surface area contributed by atoms with Crippen LogP contribution < -0.4 is 5.69 Å². The standard InChI is InChI=1S/C20H23N5O2/c1-23-13-18(24(2)20(23)27)19(26)25-10-6-9-15(12-25)17-11-16(21-22-17)14-7-4-3-5-8-14/h3-5,7-8,11,13,15H,6,9-10,12H2,1-2H3,(H,21,22). The topological polar surface area (TPSA) is 75.9 Å². The first-order chi connectivity index (χ1) is 13.0. The molecule has 3 heterocycles. The normalized spacial score (nSPS) is 17.3. The average Bonchev–Trinajstić information content (AvgIpc) is 3.30. The van der Waals surface area contributed by atoms with Crippen LogP contribution in [-0.4, -0.2) is 43.2 Å². The fourth-order valence-electron chi connectivity index (χ4n) is 3.74. The third-order valence-electron chi connectivity index (χ3n) is 5.30. The number of hydrogen-bond acceptors (Lipinski definition) is 3. The molecule has 7 nitrogen and oxygen atoms in total. The van der Waals surface area contributed by atoms with Crippen molar-refractivity contribution in [3.05, 3.63) is 64.5 Å². The highest BCUT2D eigenvalue weighted by atomic mass is 16.2. The van der Waals surface area contributed by atoms with Crippen molar-refractivity contribution < 1.29 is 4.79 Å². The Kier molecular flexibility index (Phi) is 4.43. The van der Waals surface area contributed by atoms with Gasteiger partial charge in [0.2, 0.25) is 0 Å². The zero-order valence-electron chi connectivity index (χ0n) is 15.6. The van der Waals surface area contributed by atoms with Crippen molar-refractivity contribution >= 4 is 5.91 Å². The van der Waals surface area contributed by atoms with E-state index in [0.717, 1.165) is 29.8 Å². The van der Waals surface area contributed by atoms with Crippen molar-refractivity contribution in [2.24, 2.45) is 14.1 Å². The molecule has 1 amide bonds. The third-order valence-corrected chi connectivity index (χ3v) is 5.30. The Morgan fingerprint density at radius 2 is 2.00 bits per heavy atom. The zero-order valence-corrected chi connectivity index (χ0v) is 15.6. The van der Waals surface area contributed by atoms with Crippen LogP contribution >= 0.6 is 0 Å². The predicted molar refractivity (Wildman–Crippen MR) is 103 cm³/mol. The van der Waals surface area contributed by atoms with Gasteiger partial charge in [0.25, 0.3) is 5.91 Å². The van der Waals surface area contributed by atoms with E-state index in [1.807, 2.05) is 35.2 Å². The van der Waals surface area contributed by atoms with Crippen LogP contribution in [0.5, 0.6) is 0 Å². The number of aryl methyl sites for hydroxylation is 1. The van der Waals surface area contributed by atoms with Gasteiger partial charge in [-0.05, 0) is 18.9 Å². The molecule has 0 radical (unpaired) electrons. The van der Waals surface area contributed by atoms with E-state index < -0.39 is 0 Å². The third kappa shape index (κ3) is 3.20. The Labute approximate surface area is 157 Å².